The number of fused-ring (bicyclic) bond motifs is 1. The highest BCUT2D eigenvalue weighted by molar-refractivity contribution is 7.15. The van der Waals surface area contributed by atoms with Crippen LogP contribution in [0.4, 0.5) is 10.8 Å². The fourth-order valence-corrected chi connectivity index (χ4v) is 3.39. The second-order valence-corrected chi connectivity index (χ2v) is 6.18. The van der Waals surface area contributed by atoms with E-state index in [0.717, 1.165) is 34.8 Å². The second kappa shape index (κ2) is 4.90. The number of rotatable bonds is 2. The number of thiazole rings is 1. The third kappa shape index (κ3) is 2.08. The van der Waals surface area contributed by atoms with Crippen molar-refractivity contribution >= 4 is 28.1 Å². The van der Waals surface area contributed by atoms with Gasteiger partial charge in [0, 0.05) is 29.1 Å². The quantitative estimate of drug-likeness (QED) is 0.923. The van der Waals surface area contributed by atoms with Gasteiger partial charge in [-0.15, -0.1) is 11.3 Å². The van der Waals surface area contributed by atoms with Crippen LogP contribution in [0.15, 0.2) is 18.2 Å². The van der Waals surface area contributed by atoms with Gasteiger partial charge in [0.2, 0.25) is 5.91 Å². The zero-order valence-electron chi connectivity index (χ0n) is 11.6. The zero-order valence-corrected chi connectivity index (χ0v) is 12.5. The van der Waals surface area contributed by atoms with Crippen LogP contribution in [0.25, 0.3) is 11.3 Å². The zero-order chi connectivity index (χ0) is 14.3. The summed E-state index contributed by atoms with van der Waals surface area (Å²) in [5.74, 6) is 0.186. The molecule has 1 aromatic carbocycles. The van der Waals surface area contributed by atoms with E-state index in [1.54, 1.807) is 0 Å². The molecule has 2 N–H and O–H groups in total. The van der Waals surface area contributed by atoms with Crippen LogP contribution >= 0.6 is 11.3 Å². The van der Waals surface area contributed by atoms with Gasteiger partial charge in [-0.2, -0.15) is 0 Å². The molecule has 1 amide bonds. The number of carbonyl (C=O) groups excluding carboxylic acids is 1. The van der Waals surface area contributed by atoms with Crippen molar-refractivity contribution in [3.63, 3.8) is 0 Å². The van der Waals surface area contributed by atoms with Crippen molar-refractivity contribution < 1.29 is 4.79 Å². The summed E-state index contributed by atoms with van der Waals surface area (Å²) in [5, 5.41) is 0.598. The van der Waals surface area contributed by atoms with E-state index >= 15 is 0 Å². The Morgan fingerprint density at radius 2 is 2.30 bits per heavy atom. The Morgan fingerprint density at radius 3 is 2.95 bits per heavy atom. The van der Waals surface area contributed by atoms with Crippen LogP contribution in [0.1, 0.15) is 23.8 Å². The van der Waals surface area contributed by atoms with Crippen molar-refractivity contribution in [3.05, 3.63) is 28.6 Å². The number of amides is 1. The van der Waals surface area contributed by atoms with E-state index in [2.05, 4.69) is 11.1 Å². The van der Waals surface area contributed by atoms with E-state index in [1.807, 2.05) is 30.9 Å². The minimum absolute atomic E-state index is 0.186. The molecule has 2 aromatic rings. The Morgan fingerprint density at radius 1 is 1.50 bits per heavy atom. The average Bonchev–Trinajstić information content (AvgIpc) is 3.00. The van der Waals surface area contributed by atoms with Crippen LogP contribution in [0, 0.1) is 6.92 Å². The first-order valence-corrected chi connectivity index (χ1v) is 7.58. The normalized spacial score (nSPS) is 13.6. The summed E-state index contributed by atoms with van der Waals surface area (Å²) in [7, 11) is 0. The Balaban J connectivity index is 1.99. The first kappa shape index (κ1) is 13.1. The van der Waals surface area contributed by atoms with E-state index in [4.69, 9.17) is 5.73 Å². The Kier molecular flexibility index (Phi) is 3.22. The van der Waals surface area contributed by atoms with Gasteiger partial charge >= 0.3 is 0 Å². The van der Waals surface area contributed by atoms with Crippen molar-refractivity contribution in [3.8, 4) is 11.3 Å². The molecule has 0 fully saturated rings. The predicted molar refractivity (Wildman–Crippen MR) is 83.0 cm³/mol. The molecule has 4 nitrogen and oxygen atoms in total. The number of nitrogens with zero attached hydrogens (tertiary/aromatic N) is 2. The number of hydrogen-bond acceptors (Lipinski definition) is 4. The Labute approximate surface area is 122 Å². The fraction of sp³-hybridized carbons (Fsp3) is 0.333. The molecule has 104 valence electrons. The molecule has 0 bridgehead atoms. The average molecular weight is 287 g/mol. The monoisotopic (exact) mass is 287 g/mol. The molecule has 0 saturated heterocycles. The minimum Gasteiger partial charge on any atom is -0.375 e. The number of benzene rings is 1. The largest absolute Gasteiger partial charge is 0.375 e. The predicted octanol–water partition coefficient (Wildman–Crippen LogP) is 3.00. The molecule has 0 aliphatic carbocycles. The van der Waals surface area contributed by atoms with E-state index in [1.165, 1.54) is 16.9 Å². The topological polar surface area (TPSA) is 59.2 Å². The first-order valence-electron chi connectivity index (χ1n) is 6.76. The third-order valence-corrected chi connectivity index (χ3v) is 4.47. The van der Waals surface area contributed by atoms with E-state index in [9.17, 15) is 4.79 Å². The number of aromatic nitrogens is 1. The lowest BCUT2D eigenvalue weighted by Gasteiger charge is -2.16. The van der Waals surface area contributed by atoms with Gasteiger partial charge in [-0.05, 0) is 31.0 Å². The number of anilines is 2. The third-order valence-electron chi connectivity index (χ3n) is 3.67. The highest BCUT2D eigenvalue weighted by atomic mass is 32.1. The van der Waals surface area contributed by atoms with Crippen LogP contribution in [-0.4, -0.2) is 17.4 Å². The molecule has 5 heteroatoms. The highest BCUT2D eigenvalue weighted by Crippen LogP contribution is 2.35. The van der Waals surface area contributed by atoms with Gasteiger partial charge in [0.25, 0.3) is 0 Å². The summed E-state index contributed by atoms with van der Waals surface area (Å²) in [4.78, 5) is 19.3. The Hall–Kier alpha value is -1.88. The van der Waals surface area contributed by atoms with E-state index < -0.39 is 0 Å². The smallest absolute Gasteiger partial charge is 0.226 e. The first-order chi connectivity index (χ1) is 9.60. The van der Waals surface area contributed by atoms with Crippen LogP contribution in [0.2, 0.25) is 0 Å². The molecule has 0 unspecified atom stereocenters. The number of hydrogen-bond donors (Lipinski definition) is 1. The molecular weight excluding hydrogens is 270 g/mol. The number of carbonyl (C=O) groups is 1. The van der Waals surface area contributed by atoms with Gasteiger partial charge in [0.15, 0.2) is 5.13 Å². The molecular formula is C15H17N3OS. The Bertz CT molecular complexity index is 678. The molecule has 0 radical (unpaired) electrons. The van der Waals surface area contributed by atoms with Gasteiger partial charge in [-0.25, -0.2) is 4.98 Å². The second-order valence-electron chi connectivity index (χ2n) is 4.95. The number of nitrogens with two attached hydrogens (primary N) is 1. The maximum atomic E-state index is 11.9. The molecule has 2 heterocycles. The van der Waals surface area contributed by atoms with Crippen LogP contribution < -0.4 is 10.6 Å². The number of aryl methyl sites for hydroxylation is 1. The van der Waals surface area contributed by atoms with Gasteiger partial charge in [0.05, 0.1) is 5.69 Å². The molecule has 0 atom stereocenters. The summed E-state index contributed by atoms with van der Waals surface area (Å²) in [6.07, 6.45) is 1.45. The summed E-state index contributed by atoms with van der Waals surface area (Å²) in [6, 6.07) is 6.20. The maximum Gasteiger partial charge on any atom is 0.226 e. The molecule has 1 aromatic heterocycles. The maximum absolute atomic E-state index is 11.9. The molecule has 20 heavy (non-hydrogen) atoms. The van der Waals surface area contributed by atoms with Gasteiger partial charge in [0.1, 0.15) is 0 Å². The van der Waals surface area contributed by atoms with Crippen LogP contribution in [-0.2, 0) is 11.2 Å². The van der Waals surface area contributed by atoms with Crippen molar-refractivity contribution in [1.29, 1.82) is 0 Å². The van der Waals surface area contributed by atoms with Crippen LogP contribution in [0.5, 0.6) is 0 Å². The minimum atomic E-state index is 0.186. The van der Waals surface area contributed by atoms with Crippen molar-refractivity contribution in [2.45, 2.75) is 26.7 Å². The molecule has 0 spiro atoms. The summed E-state index contributed by atoms with van der Waals surface area (Å²) < 4.78 is 0. The lowest BCUT2D eigenvalue weighted by atomic mass is 10.1. The summed E-state index contributed by atoms with van der Waals surface area (Å²) in [6.45, 7) is 4.71. The van der Waals surface area contributed by atoms with Gasteiger partial charge in [-0.1, -0.05) is 13.0 Å². The van der Waals surface area contributed by atoms with Crippen LogP contribution in [0.3, 0.4) is 0 Å². The van der Waals surface area contributed by atoms with Gasteiger partial charge in [-0.3, -0.25) is 4.79 Å². The summed E-state index contributed by atoms with van der Waals surface area (Å²) in [5.41, 5.74) is 10.1. The van der Waals surface area contributed by atoms with Crippen molar-refractivity contribution in [2.75, 3.05) is 17.2 Å². The lowest BCUT2D eigenvalue weighted by molar-refractivity contribution is -0.118. The lowest BCUT2D eigenvalue weighted by Crippen LogP contribution is -2.27. The SMILES string of the molecule is CCC(=O)N1CCc2cc(-c3nc(N)sc3C)ccc21. The molecule has 0 saturated carbocycles. The standard InChI is InChI=1S/C15H17N3OS/c1-3-13(19)18-7-6-10-8-11(4-5-12(10)18)14-9(2)20-15(16)17-14/h4-5,8H,3,6-7H2,1-2H3,(H2,16,17). The highest BCUT2D eigenvalue weighted by Gasteiger charge is 2.24. The summed E-state index contributed by atoms with van der Waals surface area (Å²) >= 11 is 1.51. The number of nitrogen functional groups attached to an aromatic ring is 1. The molecule has 1 aliphatic heterocycles. The fourth-order valence-electron chi connectivity index (χ4n) is 2.68. The van der Waals surface area contributed by atoms with E-state index in [-0.39, 0.29) is 5.91 Å². The van der Waals surface area contributed by atoms with E-state index in [0.29, 0.717) is 11.6 Å². The van der Waals surface area contributed by atoms with Gasteiger partial charge < -0.3 is 10.6 Å². The van der Waals surface area contributed by atoms with Crippen molar-refractivity contribution in [1.82, 2.24) is 4.98 Å². The van der Waals surface area contributed by atoms with Crippen molar-refractivity contribution in [2.24, 2.45) is 0 Å². The molecule has 3 rings (SSSR count). The molecule has 1 aliphatic rings.